The molecule has 0 unspecified atom stereocenters. The third-order valence-corrected chi connectivity index (χ3v) is 2.77. The Kier molecular flexibility index (Phi) is 4.08. The quantitative estimate of drug-likeness (QED) is 0.642. The van der Waals surface area contributed by atoms with Gasteiger partial charge in [0.15, 0.2) is 0 Å². The monoisotopic (exact) mass is 214 g/mol. The van der Waals surface area contributed by atoms with Crippen molar-refractivity contribution in [2.45, 2.75) is 37.6 Å². The molecule has 1 rings (SSSR count). The van der Waals surface area contributed by atoms with Gasteiger partial charge in [0.2, 0.25) is 5.91 Å². The topological polar surface area (TPSA) is 81.4 Å². The van der Waals surface area contributed by atoms with E-state index in [9.17, 15) is 9.59 Å². The maximum atomic E-state index is 11.4. The molecular formula is C10H18N2O3. The second-order valence-electron chi connectivity index (χ2n) is 4.10. The number of hydrogen-bond donors (Lipinski definition) is 2. The van der Waals surface area contributed by atoms with Gasteiger partial charge in [0.25, 0.3) is 0 Å². The van der Waals surface area contributed by atoms with Crippen LogP contribution in [0.2, 0.25) is 0 Å². The highest BCUT2D eigenvalue weighted by Gasteiger charge is 2.31. The summed E-state index contributed by atoms with van der Waals surface area (Å²) in [5.41, 5.74) is 5.66. The minimum atomic E-state index is -0.444. The van der Waals surface area contributed by atoms with Crippen LogP contribution in [-0.2, 0) is 14.3 Å². The third-order valence-electron chi connectivity index (χ3n) is 2.77. The molecule has 0 atom stereocenters. The number of ether oxygens (including phenoxy) is 1. The molecule has 0 heterocycles. The van der Waals surface area contributed by atoms with Gasteiger partial charge >= 0.3 is 5.97 Å². The summed E-state index contributed by atoms with van der Waals surface area (Å²) in [6.07, 6.45) is 4.24. The van der Waals surface area contributed by atoms with Crippen LogP contribution in [0.3, 0.4) is 0 Å². The Morgan fingerprint density at radius 3 is 2.53 bits per heavy atom. The van der Waals surface area contributed by atoms with Gasteiger partial charge in [-0.05, 0) is 12.8 Å². The number of hydrogen-bond acceptors (Lipinski definition) is 4. The molecule has 0 aromatic carbocycles. The van der Waals surface area contributed by atoms with E-state index in [1.54, 1.807) is 0 Å². The molecule has 0 spiro atoms. The molecule has 5 heteroatoms. The lowest BCUT2D eigenvalue weighted by molar-refractivity contribution is -0.141. The number of methoxy groups -OCH3 is 1. The molecule has 5 nitrogen and oxygen atoms in total. The molecular weight excluding hydrogens is 196 g/mol. The fraction of sp³-hybridized carbons (Fsp3) is 0.800. The number of nitrogens with two attached hydrogens (primary N) is 1. The summed E-state index contributed by atoms with van der Waals surface area (Å²) in [4.78, 5) is 22.2. The van der Waals surface area contributed by atoms with Crippen molar-refractivity contribution in [3.8, 4) is 0 Å². The van der Waals surface area contributed by atoms with Crippen LogP contribution in [-0.4, -0.2) is 31.1 Å². The van der Waals surface area contributed by atoms with Gasteiger partial charge in [-0.2, -0.15) is 0 Å². The van der Waals surface area contributed by atoms with Gasteiger partial charge in [-0.15, -0.1) is 0 Å². The van der Waals surface area contributed by atoms with Gasteiger partial charge in [-0.1, -0.05) is 12.8 Å². The summed E-state index contributed by atoms with van der Waals surface area (Å²) in [7, 11) is 1.29. The molecule has 0 radical (unpaired) electrons. The number of esters is 1. The van der Waals surface area contributed by atoms with E-state index >= 15 is 0 Å². The largest absolute Gasteiger partial charge is 0.468 e. The van der Waals surface area contributed by atoms with Crippen molar-refractivity contribution >= 4 is 11.9 Å². The molecule has 0 aromatic rings. The Labute approximate surface area is 89.3 Å². The second-order valence-corrected chi connectivity index (χ2v) is 4.10. The van der Waals surface area contributed by atoms with Crippen LogP contribution in [0.25, 0.3) is 0 Å². The lowest BCUT2D eigenvalue weighted by Crippen LogP contribution is -2.43. The van der Waals surface area contributed by atoms with E-state index in [-0.39, 0.29) is 18.0 Å². The van der Waals surface area contributed by atoms with E-state index in [4.69, 9.17) is 5.73 Å². The number of amides is 1. The first-order chi connectivity index (χ1) is 7.06. The number of nitrogens with one attached hydrogen (secondary N) is 1. The summed E-state index contributed by atoms with van der Waals surface area (Å²) >= 11 is 0. The van der Waals surface area contributed by atoms with Crippen LogP contribution in [0, 0.1) is 0 Å². The van der Waals surface area contributed by atoms with E-state index in [0.717, 1.165) is 25.7 Å². The molecule has 0 aliphatic heterocycles. The van der Waals surface area contributed by atoms with Crippen molar-refractivity contribution in [1.29, 1.82) is 0 Å². The van der Waals surface area contributed by atoms with Crippen molar-refractivity contribution in [2.75, 3.05) is 13.7 Å². The molecule has 86 valence electrons. The highest BCUT2D eigenvalue weighted by atomic mass is 16.5. The average molecular weight is 214 g/mol. The van der Waals surface area contributed by atoms with Crippen molar-refractivity contribution < 1.29 is 14.3 Å². The van der Waals surface area contributed by atoms with Crippen molar-refractivity contribution in [1.82, 2.24) is 5.32 Å². The van der Waals surface area contributed by atoms with Gasteiger partial charge in [0.05, 0.1) is 7.11 Å². The Hall–Kier alpha value is -1.10. The zero-order valence-corrected chi connectivity index (χ0v) is 9.04. The van der Waals surface area contributed by atoms with Crippen LogP contribution in [0.15, 0.2) is 0 Å². The van der Waals surface area contributed by atoms with Crippen molar-refractivity contribution in [2.24, 2.45) is 5.73 Å². The molecule has 1 fully saturated rings. The summed E-state index contributed by atoms with van der Waals surface area (Å²) in [6, 6.07) is 0. The minimum absolute atomic E-state index is 0.0780. The maximum Gasteiger partial charge on any atom is 0.325 e. The van der Waals surface area contributed by atoms with E-state index in [1.165, 1.54) is 7.11 Å². The summed E-state index contributed by atoms with van der Waals surface area (Å²) in [6.45, 7) is -0.0780. The van der Waals surface area contributed by atoms with Gasteiger partial charge in [-0.3, -0.25) is 9.59 Å². The predicted octanol–water partition coefficient (Wildman–Crippen LogP) is -0.0628. The zero-order valence-electron chi connectivity index (χ0n) is 9.04. The summed E-state index contributed by atoms with van der Waals surface area (Å²) in [5.74, 6) is -0.620. The van der Waals surface area contributed by atoms with Gasteiger partial charge < -0.3 is 15.8 Å². The zero-order chi connectivity index (χ0) is 11.3. The smallest absolute Gasteiger partial charge is 0.325 e. The Balaban J connectivity index is 2.26. The lowest BCUT2D eigenvalue weighted by atomic mass is 9.94. The number of rotatable bonds is 4. The normalized spacial score (nSPS) is 18.5. The van der Waals surface area contributed by atoms with Crippen LogP contribution >= 0.6 is 0 Å². The van der Waals surface area contributed by atoms with E-state index in [0.29, 0.717) is 6.42 Å². The van der Waals surface area contributed by atoms with Crippen LogP contribution in [0.5, 0.6) is 0 Å². The van der Waals surface area contributed by atoms with E-state index in [1.807, 2.05) is 0 Å². The minimum Gasteiger partial charge on any atom is -0.468 e. The first-order valence-electron chi connectivity index (χ1n) is 5.18. The predicted molar refractivity (Wildman–Crippen MR) is 55.0 cm³/mol. The maximum absolute atomic E-state index is 11.4. The fourth-order valence-electron chi connectivity index (χ4n) is 1.88. The number of carbonyl (C=O) groups is 2. The molecule has 15 heavy (non-hydrogen) atoms. The molecule has 1 aliphatic carbocycles. The molecule has 0 bridgehead atoms. The molecule has 1 amide bonds. The van der Waals surface area contributed by atoms with Crippen molar-refractivity contribution in [3.63, 3.8) is 0 Å². The van der Waals surface area contributed by atoms with Crippen molar-refractivity contribution in [3.05, 3.63) is 0 Å². The Morgan fingerprint density at radius 1 is 1.40 bits per heavy atom. The average Bonchev–Trinajstić information content (AvgIpc) is 2.61. The molecule has 0 saturated heterocycles. The van der Waals surface area contributed by atoms with Crippen LogP contribution < -0.4 is 11.1 Å². The highest BCUT2D eigenvalue weighted by molar-refractivity contribution is 5.82. The van der Waals surface area contributed by atoms with Gasteiger partial charge in [-0.25, -0.2) is 0 Å². The standard InChI is InChI=1S/C10H18N2O3/c1-15-9(14)7-12-8(13)6-10(11)4-2-3-5-10/h2-7,11H2,1H3,(H,12,13). The van der Waals surface area contributed by atoms with Crippen LogP contribution in [0.1, 0.15) is 32.1 Å². The summed E-state index contributed by atoms with van der Waals surface area (Å²) < 4.78 is 4.41. The fourth-order valence-corrected chi connectivity index (χ4v) is 1.88. The summed E-state index contributed by atoms with van der Waals surface area (Å²) in [5, 5.41) is 2.49. The van der Waals surface area contributed by atoms with Gasteiger partial charge in [0, 0.05) is 12.0 Å². The van der Waals surface area contributed by atoms with E-state index in [2.05, 4.69) is 10.1 Å². The Bertz CT molecular complexity index is 247. The number of carbonyl (C=O) groups excluding carboxylic acids is 2. The molecule has 1 saturated carbocycles. The second kappa shape index (κ2) is 5.11. The van der Waals surface area contributed by atoms with Gasteiger partial charge in [0.1, 0.15) is 6.54 Å². The molecule has 1 aliphatic rings. The first kappa shape index (κ1) is 12.0. The molecule has 3 N–H and O–H groups in total. The first-order valence-corrected chi connectivity index (χ1v) is 5.18. The lowest BCUT2D eigenvalue weighted by Gasteiger charge is -2.22. The van der Waals surface area contributed by atoms with Crippen LogP contribution in [0.4, 0.5) is 0 Å². The van der Waals surface area contributed by atoms with E-state index < -0.39 is 5.97 Å². The SMILES string of the molecule is COC(=O)CNC(=O)CC1(N)CCCC1. The highest BCUT2D eigenvalue weighted by Crippen LogP contribution is 2.29. The molecule has 0 aromatic heterocycles. The Morgan fingerprint density at radius 2 is 2.00 bits per heavy atom. The third kappa shape index (κ3) is 3.87.